The van der Waals surface area contributed by atoms with Crippen LogP contribution in [0.25, 0.3) is 0 Å². The third-order valence-electron chi connectivity index (χ3n) is 3.65. The Kier molecular flexibility index (Phi) is 3.93. The molecule has 0 radical (unpaired) electrons. The number of nitrogens with zero attached hydrogens (tertiary/aromatic N) is 2. The summed E-state index contributed by atoms with van der Waals surface area (Å²) in [7, 11) is 3.48. The molecular weight excluding hydrogens is 252 g/mol. The van der Waals surface area contributed by atoms with E-state index in [0.717, 1.165) is 22.5 Å². The third kappa shape index (κ3) is 2.59. The van der Waals surface area contributed by atoms with E-state index in [1.807, 2.05) is 50.7 Å². The summed E-state index contributed by atoms with van der Waals surface area (Å²) in [5.41, 5.74) is 4.62. The van der Waals surface area contributed by atoms with E-state index >= 15 is 0 Å². The van der Waals surface area contributed by atoms with Crippen LogP contribution < -0.4 is 4.74 Å². The Balaban J connectivity index is 2.35. The fourth-order valence-corrected chi connectivity index (χ4v) is 2.37. The van der Waals surface area contributed by atoms with Crippen molar-refractivity contribution in [1.29, 1.82) is 0 Å². The molecule has 0 saturated heterocycles. The van der Waals surface area contributed by atoms with Gasteiger partial charge < -0.3 is 4.74 Å². The van der Waals surface area contributed by atoms with Gasteiger partial charge in [-0.3, -0.25) is 9.48 Å². The van der Waals surface area contributed by atoms with Crippen LogP contribution in [0, 0.1) is 20.8 Å². The van der Waals surface area contributed by atoms with Gasteiger partial charge in [-0.1, -0.05) is 11.6 Å². The second-order valence-corrected chi connectivity index (χ2v) is 5.08. The first-order chi connectivity index (χ1) is 9.43. The second-order valence-electron chi connectivity index (χ2n) is 5.08. The first-order valence-electron chi connectivity index (χ1n) is 6.61. The van der Waals surface area contributed by atoms with E-state index in [-0.39, 0.29) is 5.78 Å². The molecule has 0 saturated carbocycles. The number of benzene rings is 1. The molecular formula is C16H20N2O2. The van der Waals surface area contributed by atoms with E-state index in [2.05, 4.69) is 5.10 Å². The highest BCUT2D eigenvalue weighted by molar-refractivity contribution is 6.00. The highest BCUT2D eigenvalue weighted by Crippen LogP contribution is 2.23. The molecule has 0 bridgehead atoms. The number of hydrogen-bond acceptors (Lipinski definition) is 3. The molecule has 0 aliphatic carbocycles. The second kappa shape index (κ2) is 5.49. The van der Waals surface area contributed by atoms with Crippen LogP contribution in [0.15, 0.2) is 18.2 Å². The number of aryl methyl sites for hydroxylation is 3. The minimum Gasteiger partial charge on any atom is -0.496 e. The van der Waals surface area contributed by atoms with Crippen molar-refractivity contribution < 1.29 is 9.53 Å². The molecule has 0 aliphatic rings. The van der Waals surface area contributed by atoms with Crippen LogP contribution in [0.2, 0.25) is 0 Å². The minimum atomic E-state index is 0.0600. The van der Waals surface area contributed by atoms with E-state index in [9.17, 15) is 4.79 Å². The summed E-state index contributed by atoms with van der Waals surface area (Å²) in [4.78, 5) is 12.5. The molecule has 0 fully saturated rings. The van der Waals surface area contributed by atoms with Crippen LogP contribution in [0.3, 0.4) is 0 Å². The lowest BCUT2D eigenvalue weighted by atomic mass is 9.99. The first-order valence-corrected chi connectivity index (χ1v) is 6.61. The maximum absolute atomic E-state index is 12.5. The fraction of sp³-hybridized carbons (Fsp3) is 0.375. The number of hydrogen-bond donors (Lipinski definition) is 0. The van der Waals surface area contributed by atoms with Gasteiger partial charge in [-0.15, -0.1) is 0 Å². The lowest BCUT2D eigenvalue weighted by Crippen LogP contribution is -2.08. The number of carbonyl (C=O) groups is 1. The zero-order valence-electron chi connectivity index (χ0n) is 12.7. The van der Waals surface area contributed by atoms with Crippen LogP contribution >= 0.6 is 0 Å². The molecule has 2 rings (SSSR count). The number of rotatable bonds is 4. The molecule has 0 atom stereocenters. The predicted molar refractivity (Wildman–Crippen MR) is 78.4 cm³/mol. The van der Waals surface area contributed by atoms with Crippen LogP contribution in [0.4, 0.5) is 0 Å². The summed E-state index contributed by atoms with van der Waals surface area (Å²) >= 11 is 0. The van der Waals surface area contributed by atoms with Crippen molar-refractivity contribution in [2.45, 2.75) is 27.2 Å². The van der Waals surface area contributed by atoms with Crippen molar-refractivity contribution in [1.82, 2.24) is 9.78 Å². The summed E-state index contributed by atoms with van der Waals surface area (Å²) < 4.78 is 7.09. The molecule has 20 heavy (non-hydrogen) atoms. The lowest BCUT2D eigenvalue weighted by molar-refractivity contribution is 0.0989. The smallest absolute Gasteiger partial charge is 0.171 e. The average Bonchev–Trinajstić information content (AvgIpc) is 2.65. The molecule has 106 valence electrons. The minimum absolute atomic E-state index is 0.0600. The SMILES string of the molecule is COc1ccc(C)cc1C(=O)Cc1c(C)nn(C)c1C. The van der Waals surface area contributed by atoms with E-state index in [1.54, 1.807) is 7.11 Å². The number of methoxy groups -OCH3 is 1. The van der Waals surface area contributed by atoms with Crippen molar-refractivity contribution in [3.8, 4) is 5.75 Å². The van der Waals surface area contributed by atoms with Gasteiger partial charge in [0.25, 0.3) is 0 Å². The largest absolute Gasteiger partial charge is 0.496 e. The Labute approximate surface area is 119 Å². The molecule has 4 nitrogen and oxygen atoms in total. The molecule has 1 aromatic carbocycles. The molecule has 0 aliphatic heterocycles. The monoisotopic (exact) mass is 272 g/mol. The molecule has 0 N–H and O–H groups in total. The molecule has 0 unspecified atom stereocenters. The Bertz CT molecular complexity index is 657. The molecule has 2 aromatic rings. The molecule has 4 heteroatoms. The quantitative estimate of drug-likeness (QED) is 0.804. The summed E-state index contributed by atoms with van der Waals surface area (Å²) in [5, 5.41) is 4.35. The molecule has 0 spiro atoms. The number of carbonyl (C=O) groups excluding carboxylic acids is 1. The van der Waals surface area contributed by atoms with Gasteiger partial charge in [-0.2, -0.15) is 5.10 Å². The van der Waals surface area contributed by atoms with Crippen molar-refractivity contribution in [3.63, 3.8) is 0 Å². The Morgan fingerprint density at radius 2 is 2.00 bits per heavy atom. The molecule has 0 amide bonds. The van der Waals surface area contributed by atoms with Crippen LogP contribution in [0.5, 0.6) is 5.75 Å². The number of Topliss-reactive ketones (excluding diaryl/α,β-unsaturated/α-hetero) is 1. The lowest BCUT2D eigenvalue weighted by Gasteiger charge is -2.09. The van der Waals surface area contributed by atoms with Gasteiger partial charge in [-0.25, -0.2) is 0 Å². The highest BCUT2D eigenvalue weighted by atomic mass is 16.5. The Morgan fingerprint density at radius 1 is 1.30 bits per heavy atom. The van der Waals surface area contributed by atoms with Crippen molar-refractivity contribution in [2.24, 2.45) is 7.05 Å². The maximum Gasteiger partial charge on any atom is 0.171 e. The van der Waals surface area contributed by atoms with Gasteiger partial charge in [0.1, 0.15) is 5.75 Å². The zero-order chi connectivity index (χ0) is 14.9. The summed E-state index contributed by atoms with van der Waals surface area (Å²) in [6.07, 6.45) is 0.352. The van der Waals surface area contributed by atoms with Crippen molar-refractivity contribution in [2.75, 3.05) is 7.11 Å². The average molecular weight is 272 g/mol. The third-order valence-corrected chi connectivity index (χ3v) is 3.65. The number of ether oxygens (including phenoxy) is 1. The number of aromatic nitrogens is 2. The van der Waals surface area contributed by atoms with Crippen LogP contribution in [-0.4, -0.2) is 22.7 Å². The summed E-state index contributed by atoms with van der Waals surface area (Å²) in [6.45, 7) is 5.88. The van der Waals surface area contributed by atoms with E-state index in [0.29, 0.717) is 17.7 Å². The van der Waals surface area contributed by atoms with Gasteiger partial charge in [0.05, 0.1) is 18.4 Å². The van der Waals surface area contributed by atoms with Gasteiger partial charge in [0.15, 0.2) is 5.78 Å². The summed E-state index contributed by atoms with van der Waals surface area (Å²) in [5.74, 6) is 0.685. The Hall–Kier alpha value is -2.10. The summed E-state index contributed by atoms with van der Waals surface area (Å²) in [6, 6.07) is 5.66. The predicted octanol–water partition coefficient (Wildman–Crippen LogP) is 2.78. The Morgan fingerprint density at radius 3 is 2.55 bits per heavy atom. The van der Waals surface area contributed by atoms with Crippen molar-refractivity contribution in [3.05, 3.63) is 46.3 Å². The fourth-order valence-electron chi connectivity index (χ4n) is 2.37. The topological polar surface area (TPSA) is 44.1 Å². The van der Waals surface area contributed by atoms with Gasteiger partial charge in [-0.05, 0) is 32.9 Å². The standard InChI is InChI=1S/C16H20N2O2/c1-10-6-7-16(20-5)14(8-10)15(19)9-13-11(2)17-18(4)12(13)3/h6-8H,9H2,1-5H3. The van der Waals surface area contributed by atoms with Crippen LogP contribution in [0.1, 0.15) is 32.9 Å². The molecule has 1 heterocycles. The van der Waals surface area contributed by atoms with Crippen LogP contribution in [-0.2, 0) is 13.5 Å². The van der Waals surface area contributed by atoms with E-state index < -0.39 is 0 Å². The van der Waals surface area contributed by atoms with E-state index in [4.69, 9.17) is 4.74 Å². The van der Waals surface area contributed by atoms with E-state index in [1.165, 1.54) is 0 Å². The molecule has 1 aromatic heterocycles. The van der Waals surface area contributed by atoms with Gasteiger partial charge >= 0.3 is 0 Å². The zero-order valence-corrected chi connectivity index (χ0v) is 12.7. The first kappa shape index (κ1) is 14.3. The van der Waals surface area contributed by atoms with Gasteiger partial charge in [0.2, 0.25) is 0 Å². The normalized spacial score (nSPS) is 10.7. The maximum atomic E-state index is 12.5. The number of ketones is 1. The van der Waals surface area contributed by atoms with Crippen molar-refractivity contribution >= 4 is 5.78 Å². The van der Waals surface area contributed by atoms with Gasteiger partial charge in [0, 0.05) is 24.7 Å². The highest BCUT2D eigenvalue weighted by Gasteiger charge is 2.17.